The van der Waals surface area contributed by atoms with Gasteiger partial charge in [-0.3, -0.25) is 4.79 Å². The van der Waals surface area contributed by atoms with Gasteiger partial charge < -0.3 is 16.0 Å². The van der Waals surface area contributed by atoms with E-state index in [2.05, 4.69) is 16.3 Å². The minimum absolute atomic E-state index is 0.0551. The highest BCUT2D eigenvalue weighted by Crippen LogP contribution is 2.31. The minimum atomic E-state index is -0.189. The van der Waals surface area contributed by atoms with Crippen LogP contribution in [0.4, 0.5) is 11.4 Å². The maximum atomic E-state index is 12.0. The van der Waals surface area contributed by atoms with Crippen LogP contribution in [0.5, 0.6) is 0 Å². The number of hydrogen-bond acceptors (Lipinski definition) is 3. The molecule has 1 aromatic rings. The molecular weight excluding hydrogens is 238 g/mol. The van der Waals surface area contributed by atoms with Gasteiger partial charge in [-0.25, -0.2) is 0 Å². The van der Waals surface area contributed by atoms with Crippen LogP contribution in [0.15, 0.2) is 12.1 Å². The second-order valence-corrected chi connectivity index (χ2v) is 6.31. The van der Waals surface area contributed by atoms with E-state index in [1.165, 1.54) is 5.56 Å². The Morgan fingerprint density at radius 3 is 2.74 bits per heavy atom. The molecule has 3 N–H and O–H groups in total. The molecule has 0 aromatic heterocycles. The standard InChI is InChI=1S/C15H23N3O/c1-10-7-11-5-6-18(13(11)8-12(10)16)9-14(19)17-15(2,3)4/h7-8H,5-6,9,16H2,1-4H3,(H,17,19). The summed E-state index contributed by atoms with van der Waals surface area (Å²) in [5, 5.41) is 2.99. The summed E-state index contributed by atoms with van der Waals surface area (Å²) < 4.78 is 0. The molecule has 19 heavy (non-hydrogen) atoms. The molecule has 1 amide bonds. The lowest BCUT2D eigenvalue weighted by Crippen LogP contribution is -2.45. The molecule has 1 heterocycles. The summed E-state index contributed by atoms with van der Waals surface area (Å²) in [4.78, 5) is 14.1. The summed E-state index contributed by atoms with van der Waals surface area (Å²) in [5.41, 5.74) is 10.1. The van der Waals surface area contributed by atoms with Crippen LogP contribution in [0, 0.1) is 6.92 Å². The molecule has 1 aliphatic rings. The molecule has 0 aliphatic carbocycles. The SMILES string of the molecule is Cc1cc2c(cc1N)N(CC(=O)NC(C)(C)C)CC2. The number of anilines is 2. The number of amides is 1. The summed E-state index contributed by atoms with van der Waals surface area (Å²) in [5.74, 6) is 0.0551. The Hall–Kier alpha value is -1.71. The average Bonchev–Trinajstić information content (AvgIpc) is 2.59. The average molecular weight is 261 g/mol. The van der Waals surface area contributed by atoms with E-state index in [0.717, 1.165) is 29.9 Å². The van der Waals surface area contributed by atoms with E-state index >= 15 is 0 Å². The number of carbonyl (C=O) groups is 1. The van der Waals surface area contributed by atoms with Crippen LogP contribution >= 0.6 is 0 Å². The Kier molecular flexibility index (Phi) is 3.43. The molecule has 4 heteroatoms. The number of nitrogen functional groups attached to an aromatic ring is 1. The van der Waals surface area contributed by atoms with Gasteiger partial charge in [0.1, 0.15) is 0 Å². The number of aryl methyl sites for hydroxylation is 1. The summed E-state index contributed by atoms with van der Waals surface area (Å²) in [7, 11) is 0. The van der Waals surface area contributed by atoms with Crippen molar-refractivity contribution in [2.75, 3.05) is 23.7 Å². The van der Waals surface area contributed by atoms with E-state index in [1.807, 2.05) is 33.8 Å². The van der Waals surface area contributed by atoms with Gasteiger partial charge in [-0.1, -0.05) is 6.07 Å². The monoisotopic (exact) mass is 261 g/mol. The molecule has 1 aromatic carbocycles. The van der Waals surface area contributed by atoms with Crippen LogP contribution in [0.1, 0.15) is 31.9 Å². The van der Waals surface area contributed by atoms with Crippen molar-refractivity contribution >= 4 is 17.3 Å². The van der Waals surface area contributed by atoms with E-state index in [4.69, 9.17) is 5.73 Å². The van der Waals surface area contributed by atoms with Crippen molar-refractivity contribution in [1.82, 2.24) is 5.32 Å². The van der Waals surface area contributed by atoms with Crippen LogP contribution in [-0.4, -0.2) is 24.5 Å². The molecule has 0 saturated heterocycles. The van der Waals surface area contributed by atoms with Crippen molar-refractivity contribution in [2.45, 2.75) is 39.7 Å². The van der Waals surface area contributed by atoms with Gasteiger partial charge in [0, 0.05) is 23.5 Å². The predicted octanol–water partition coefficient (Wildman–Crippen LogP) is 1.85. The third kappa shape index (κ3) is 3.19. The summed E-state index contributed by atoms with van der Waals surface area (Å²) in [6.07, 6.45) is 0.985. The largest absolute Gasteiger partial charge is 0.398 e. The van der Waals surface area contributed by atoms with E-state index in [0.29, 0.717) is 6.54 Å². The lowest BCUT2D eigenvalue weighted by molar-refractivity contribution is -0.121. The second kappa shape index (κ2) is 4.76. The molecule has 2 rings (SSSR count). The molecule has 0 radical (unpaired) electrons. The topological polar surface area (TPSA) is 58.4 Å². The minimum Gasteiger partial charge on any atom is -0.398 e. The quantitative estimate of drug-likeness (QED) is 0.799. The smallest absolute Gasteiger partial charge is 0.239 e. The van der Waals surface area contributed by atoms with E-state index in [9.17, 15) is 4.79 Å². The fraction of sp³-hybridized carbons (Fsp3) is 0.533. The van der Waals surface area contributed by atoms with Crippen molar-refractivity contribution in [3.05, 3.63) is 23.3 Å². The Bertz CT molecular complexity index is 503. The van der Waals surface area contributed by atoms with E-state index in [1.54, 1.807) is 0 Å². The fourth-order valence-corrected chi connectivity index (χ4v) is 2.44. The first kappa shape index (κ1) is 13.7. The molecule has 0 bridgehead atoms. The van der Waals surface area contributed by atoms with Crippen LogP contribution in [0.3, 0.4) is 0 Å². The highest BCUT2D eigenvalue weighted by Gasteiger charge is 2.23. The first-order valence-electron chi connectivity index (χ1n) is 6.71. The van der Waals surface area contributed by atoms with Crippen LogP contribution in [0.25, 0.3) is 0 Å². The molecule has 0 fully saturated rings. The zero-order chi connectivity index (χ0) is 14.2. The van der Waals surface area contributed by atoms with E-state index in [-0.39, 0.29) is 11.4 Å². The number of benzene rings is 1. The van der Waals surface area contributed by atoms with Gasteiger partial charge in [-0.15, -0.1) is 0 Å². The maximum absolute atomic E-state index is 12.0. The Labute approximate surface area is 115 Å². The lowest BCUT2D eigenvalue weighted by atomic mass is 10.1. The third-order valence-corrected chi connectivity index (χ3v) is 3.31. The highest BCUT2D eigenvalue weighted by atomic mass is 16.2. The van der Waals surface area contributed by atoms with Crippen LogP contribution in [-0.2, 0) is 11.2 Å². The second-order valence-electron chi connectivity index (χ2n) is 6.31. The van der Waals surface area contributed by atoms with Gasteiger partial charge in [0.05, 0.1) is 6.54 Å². The van der Waals surface area contributed by atoms with Crippen molar-refractivity contribution in [3.63, 3.8) is 0 Å². The normalized spacial score (nSPS) is 14.4. The first-order chi connectivity index (χ1) is 8.76. The highest BCUT2D eigenvalue weighted by molar-refractivity contribution is 5.83. The molecule has 0 spiro atoms. The Balaban J connectivity index is 2.11. The van der Waals surface area contributed by atoms with Gasteiger partial charge in [-0.2, -0.15) is 0 Å². The molecular formula is C15H23N3O. The lowest BCUT2D eigenvalue weighted by Gasteiger charge is -2.24. The van der Waals surface area contributed by atoms with Crippen molar-refractivity contribution in [1.29, 1.82) is 0 Å². The zero-order valence-corrected chi connectivity index (χ0v) is 12.2. The predicted molar refractivity (Wildman–Crippen MR) is 79.4 cm³/mol. The molecule has 0 atom stereocenters. The van der Waals surface area contributed by atoms with Crippen molar-refractivity contribution in [2.24, 2.45) is 0 Å². The summed E-state index contributed by atoms with van der Waals surface area (Å²) in [6.45, 7) is 9.27. The zero-order valence-electron chi connectivity index (χ0n) is 12.2. The van der Waals surface area contributed by atoms with Gasteiger partial charge in [0.25, 0.3) is 0 Å². The van der Waals surface area contributed by atoms with Crippen LogP contribution < -0.4 is 16.0 Å². The molecule has 1 aliphatic heterocycles. The number of rotatable bonds is 2. The number of hydrogen-bond donors (Lipinski definition) is 2. The number of nitrogens with zero attached hydrogens (tertiary/aromatic N) is 1. The molecule has 0 unspecified atom stereocenters. The number of fused-ring (bicyclic) bond motifs is 1. The van der Waals surface area contributed by atoms with Crippen molar-refractivity contribution < 1.29 is 4.79 Å². The van der Waals surface area contributed by atoms with Crippen LogP contribution in [0.2, 0.25) is 0 Å². The van der Waals surface area contributed by atoms with E-state index < -0.39 is 0 Å². The Morgan fingerprint density at radius 2 is 2.11 bits per heavy atom. The maximum Gasteiger partial charge on any atom is 0.239 e. The molecule has 4 nitrogen and oxygen atoms in total. The Morgan fingerprint density at radius 1 is 1.42 bits per heavy atom. The van der Waals surface area contributed by atoms with Gasteiger partial charge in [0.2, 0.25) is 5.91 Å². The summed E-state index contributed by atoms with van der Waals surface area (Å²) in [6, 6.07) is 4.12. The third-order valence-electron chi connectivity index (χ3n) is 3.31. The number of carbonyl (C=O) groups excluding carboxylic acids is 1. The molecule has 0 saturated carbocycles. The number of nitrogens with two attached hydrogens (primary N) is 1. The van der Waals surface area contributed by atoms with Gasteiger partial charge in [0.15, 0.2) is 0 Å². The van der Waals surface area contributed by atoms with Gasteiger partial charge in [-0.05, 0) is 51.3 Å². The molecule has 104 valence electrons. The first-order valence-corrected chi connectivity index (χ1v) is 6.71. The number of nitrogens with one attached hydrogen (secondary N) is 1. The van der Waals surface area contributed by atoms with Crippen molar-refractivity contribution in [3.8, 4) is 0 Å². The fourth-order valence-electron chi connectivity index (χ4n) is 2.44. The summed E-state index contributed by atoms with van der Waals surface area (Å²) >= 11 is 0. The van der Waals surface area contributed by atoms with Gasteiger partial charge >= 0.3 is 0 Å².